The summed E-state index contributed by atoms with van der Waals surface area (Å²) in [6, 6.07) is 5.68. The maximum Gasteiger partial charge on any atom is 0.168 e. The number of ketones is 1. The fourth-order valence-electron chi connectivity index (χ4n) is 2.30. The molecule has 0 spiro atoms. The zero-order chi connectivity index (χ0) is 12.4. The van der Waals surface area contributed by atoms with E-state index in [9.17, 15) is 4.79 Å². The molecule has 17 heavy (non-hydrogen) atoms. The van der Waals surface area contributed by atoms with Gasteiger partial charge in [-0.05, 0) is 30.5 Å². The van der Waals surface area contributed by atoms with Crippen LogP contribution in [-0.2, 0) is 11.2 Å². The largest absolute Gasteiger partial charge is 0.385 e. The number of hydrogen-bond acceptors (Lipinski definition) is 3. The number of nitrogens with two attached hydrogens (primary N) is 1. The highest BCUT2D eigenvalue weighted by molar-refractivity contribution is 9.10. The van der Waals surface area contributed by atoms with E-state index in [0.717, 1.165) is 28.4 Å². The van der Waals surface area contributed by atoms with Crippen molar-refractivity contribution in [2.24, 2.45) is 11.7 Å². The van der Waals surface area contributed by atoms with Gasteiger partial charge in [0.15, 0.2) is 5.78 Å². The Labute approximate surface area is 109 Å². The third kappa shape index (κ3) is 2.59. The predicted octanol–water partition coefficient (Wildman–Crippen LogP) is 2.17. The third-order valence-electron chi connectivity index (χ3n) is 3.28. The lowest BCUT2D eigenvalue weighted by Crippen LogP contribution is -2.34. The van der Waals surface area contributed by atoms with Crippen molar-refractivity contribution < 1.29 is 9.53 Å². The van der Waals surface area contributed by atoms with Gasteiger partial charge in [0.1, 0.15) is 0 Å². The highest BCUT2D eigenvalue weighted by Crippen LogP contribution is 2.31. The number of fused-ring (bicyclic) bond motifs is 1. The summed E-state index contributed by atoms with van der Waals surface area (Å²) in [5, 5.41) is 0. The summed E-state index contributed by atoms with van der Waals surface area (Å²) >= 11 is 3.42. The van der Waals surface area contributed by atoms with Gasteiger partial charge in [0, 0.05) is 35.7 Å². The Kier molecular flexibility index (Phi) is 3.97. The van der Waals surface area contributed by atoms with Crippen LogP contribution in [0.25, 0.3) is 0 Å². The summed E-state index contributed by atoms with van der Waals surface area (Å²) in [4.78, 5) is 12.2. The topological polar surface area (TPSA) is 52.3 Å². The van der Waals surface area contributed by atoms with Crippen LogP contribution in [0.5, 0.6) is 0 Å². The van der Waals surface area contributed by atoms with Crippen LogP contribution in [0.3, 0.4) is 0 Å². The van der Waals surface area contributed by atoms with E-state index in [0.29, 0.717) is 6.61 Å². The van der Waals surface area contributed by atoms with Gasteiger partial charge >= 0.3 is 0 Å². The maximum absolute atomic E-state index is 12.2. The van der Waals surface area contributed by atoms with E-state index >= 15 is 0 Å². The lowest BCUT2D eigenvalue weighted by molar-refractivity contribution is 0.0905. The SMILES string of the molecule is COCCC(N)C1Cc2cc(Br)ccc2C1=O. The molecule has 0 saturated heterocycles. The minimum absolute atomic E-state index is 0.0885. The van der Waals surface area contributed by atoms with Gasteiger partial charge in [0.25, 0.3) is 0 Å². The molecule has 0 radical (unpaired) electrons. The fraction of sp³-hybridized carbons (Fsp3) is 0.462. The van der Waals surface area contributed by atoms with Crippen molar-refractivity contribution in [1.82, 2.24) is 0 Å². The summed E-state index contributed by atoms with van der Waals surface area (Å²) in [6.07, 6.45) is 1.47. The van der Waals surface area contributed by atoms with Crippen LogP contribution in [0.2, 0.25) is 0 Å². The quantitative estimate of drug-likeness (QED) is 0.927. The monoisotopic (exact) mass is 297 g/mol. The van der Waals surface area contributed by atoms with E-state index in [1.807, 2.05) is 18.2 Å². The molecule has 0 amide bonds. The Morgan fingerprint density at radius 1 is 1.59 bits per heavy atom. The Morgan fingerprint density at radius 2 is 2.35 bits per heavy atom. The van der Waals surface area contributed by atoms with Crippen molar-refractivity contribution in [3.05, 3.63) is 33.8 Å². The molecule has 0 bridgehead atoms. The molecule has 4 heteroatoms. The smallest absolute Gasteiger partial charge is 0.168 e. The first kappa shape index (κ1) is 12.7. The number of benzene rings is 1. The molecular formula is C13H16BrNO2. The number of carbonyl (C=O) groups is 1. The molecule has 0 aromatic heterocycles. The van der Waals surface area contributed by atoms with Gasteiger partial charge in [-0.15, -0.1) is 0 Å². The van der Waals surface area contributed by atoms with E-state index in [2.05, 4.69) is 15.9 Å². The van der Waals surface area contributed by atoms with Gasteiger partial charge in [-0.25, -0.2) is 0 Å². The van der Waals surface area contributed by atoms with Crippen LogP contribution in [0.15, 0.2) is 22.7 Å². The second-order valence-corrected chi connectivity index (χ2v) is 5.34. The molecule has 2 unspecified atom stereocenters. The second-order valence-electron chi connectivity index (χ2n) is 4.42. The molecule has 1 aromatic rings. The summed E-state index contributed by atoms with van der Waals surface area (Å²) in [6.45, 7) is 0.602. The van der Waals surface area contributed by atoms with Crippen LogP contribution < -0.4 is 5.73 Å². The van der Waals surface area contributed by atoms with E-state index in [1.54, 1.807) is 7.11 Å². The molecular weight excluding hydrogens is 282 g/mol. The van der Waals surface area contributed by atoms with Crippen molar-refractivity contribution in [1.29, 1.82) is 0 Å². The third-order valence-corrected chi connectivity index (χ3v) is 3.77. The van der Waals surface area contributed by atoms with Gasteiger partial charge in [0.2, 0.25) is 0 Å². The molecule has 1 aliphatic carbocycles. The number of methoxy groups -OCH3 is 1. The van der Waals surface area contributed by atoms with Crippen molar-refractivity contribution in [2.75, 3.05) is 13.7 Å². The Morgan fingerprint density at radius 3 is 3.06 bits per heavy atom. The maximum atomic E-state index is 12.2. The van der Waals surface area contributed by atoms with Crippen LogP contribution in [0.4, 0.5) is 0 Å². The number of Topliss-reactive ketones (excluding diaryl/α,β-unsaturated/α-hetero) is 1. The zero-order valence-corrected chi connectivity index (χ0v) is 11.4. The van der Waals surface area contributed by atoms with Gasteiger partial charge in [-0.3, -0.25) is 4.79 Å². The Hall–Kier alpha value is -0.710. The average Bonchev–Trinajstić information content (AvgIpc) is 2.63. The normalized spacial score (nSPS) is 20.4. The predicted molar refractivity (Wildman–Crippen MR) is 70.1 cm³/mol. The van der Waals surface area contributed by atoms with Gasteiger partial charge in [-0.1, -0.05) is 22.0 Å². The molecule has 0 heterocycles. The standard InChI is InChI=1S/C13H16BrNO2/c1-17-5-4-12(15)11-7-8-6-9(14)2-3-10(8)13(11)16/h2-3,6,11-12H,4-5,7,15H2,1H3. The number of ether oxygens (including phenoxy) is 1. The number of carbonyl (C=O) groups excluding carboxylic acids is 1. The lowest BCUT2D eigenvalue weighted by atomic mass is 9.94. The number of hydrogen-bond donors (Lipinski definition) is 1. The lowest BCUT2D eigenvalue weighted by Gasteiger charge is -2.16. The average molecular weight is 298 g/mol. The minimum Gasteiger partial charge on any atom is -0.385 e. The molecule has 0 aliphatic heterocycles. The van der Waals surface area contributed by atoms with Gasteiger partial charge < -0.3 is 10.5 Å². The van der Waals surface area contributed by atoms with Crippen molar-refractivity contribution >= 4 is 21.7 Å². The van der Waals surface area contributed by atoms with Gasteiger partial charge in [-0.2, -0.15) is 0 Å². The number of rotatable bonds is 4. The molecule has 2 rings (SSSR count). The summed E-state index contributed by atoms with van der Waals surface area (Å²) in [5.41, 5.74) is 7.98. The summed E-state index contributed by atoms with van der Waals surface area (Å²) in [7, 11) is 1.65. The second kappa shape index (κ2) is 5.29. The van der Waals surface area contributed by atoms with E-state index in [-0.39, 0.29) is 17.7 Å². The van der Waals surface area contributed by atoms with E-state index in [1.165, 1.54) is 0 Å². The Bertz CT molecular complexity index is 433. The molecule has 1 aromatic carbocycles. The Balaban J connectivity index is 2.13. The van der Waals surface area contributed by atoms with Crippen LogP contribution in [-0.4, -0.2) is 25.5 Å². The van der Waals surface area contributed by atoms with Gasteiger partial charge in [0.05, 0.1) is 0 Å². The van der Waals surface area contributed by atoms with Crippen LogP contribution in [0, 0.1) is 5.92 Å². The molecule has 0 saturated carbocycles. The summed E-state index contributed by atoms with van der Waals surface area (Å²) < 4.78 is 6.01. The van der Waals surface area contributed by atoms with Crippen molar-refractivity contribution in [3.63, 3.8) is 0 Å². The highest BCUT2D eigenvalue weighted by atomic mass is 79.9. The fourth-order valence-corrected chi connectivity index (χ4v) is 2.71. The molecule has 1 aliphatic rings. The first-order valence-corrected chi connectivity index (χ1v) is 6.50. The van der Waals surface area contributed by atoms with Crippen molar-refractivity contribution in [2.45, 2.75) is 18.9 Å². The van der Waals surface area contributed by atoms with Crippen LogP contribution >= 0.6 is 15.9 Å². The zero-order valence-electron chi connectivity index (χ0n) is 9.78. The first-order valence-electron chi connectivity index (χ1n) is 5.70. The van der Waals surface area contributed by atoms with Crippen LogP contribution in [0.1, 0.15) is 22.3 Å². The highest BCUT2D eigenvalue weighted by Gasteiger charge is 2.34. The number of halogens is 1. The van der Waals surface area contributed by atoms with Crippen molar-refractivity contribution in [3.8, 4) is 0 Å². The molecule has 2 atom stereocenters. The molecule has 92 valence electrons. The summed E-state index contributed by atoms with van der Waals surface area (Å²) in [5.74, 6) is 0.0885. The molecule has 0 fully saturated rings. The minimum atomic E-state index is -0.117. The molecule has 3 nitrogen and oxygen atoms in total. The van der Waals surface area contributed by atoms with E-state index in [4.69, 9.17) is 10.5 Å². The first-order chi connectivity index (χ1) is 8.13. The molecule has 2 N–H and O–H groups in total. The van der Waals surface area contributed by atoms with E-state index < -0.39 is 0 Å².